The van der Waals surface area contributed by atoms with Gasteiger partial charge in [0.25, 0.3) is 5.91 Å². The molecule has 0 saturated heterocycles. The van der Waals surface area contributed by atoms with Crippen LogP contribution in [0.25, 0.3) is 0 Å². The summed E-state index contributed by atoms with van der Waals surface area (Å²) in [6, 6.07) is 2.58. The van der Waals surface area contributed by atoms with E-state index in [1.807, 2.05) is 0 Å². The van der Waals surface area contributed by atoms with Crippen molar-refractivity contribution in [3.05, 3.63) is 28.8 Å². The van der Waals surface area contributed by atoms with Crippen LogP contribution in [0.3, 0.4) is 0 Å². The largest absolute Gasteiger partial charge is 0.417 e. The highest BCUT2D eigenvalue weighted by Crippen LogP contribution is 2.37. The number of benzene rings is 1. The number of hydrazone groups is 1. The molecule has 1 rings (SSSR count). The molecule has 6 nitrogen and oxygen atoms in total. The van der Waals surface area contributed by atoms with E-state index in [0.717, 1.165) is 18.4 Å². The molecule has 0 atom stereocenters. The second kappa shape index (κ2) is 7.39. The molecule has 0 spiro atoms. The zero-order chi connectivity index (χ0) is 18.7. The zero-order valence-electron chi connectivity index (χ0n) is 13.0. The van der Waals surface area contributed by atoms with Gasteiger partial charge in [-0.05, 0) is 32.0 Å². The Morgan fingerprint density at radius 1 is 1.33 bits per heavy atom. The van der Waals surface area contributed by atoms with Gasteiger partial charge in [0.2, 0.25) is 10.0 Å². The third-order valence-corrected chi connectivity index (χ3v) is 4.11. The molecule has 0 heterocycles. The molecule has 134 valence electrons. The number of carbonyl (C=O) groups excluding carboxylic acids is 1. The molecule has 0 aliphatic heterocycles. The van der Waals surface area contributed by atoms with Gasteiger partial charge in [-0.15, -0.1) is 0 Å². The van der Waals surface area contributed by atoms with E-state index in [-0.39, 0.29) is 5.69 Å². The van der Waals surface area contributed by atoms with Crippen molar-refractivity contribution < 1.29 is 26.4 Å². The third-order valence-electron chi connectivity index (χ3n) is 2.64. The van der Waals surface area contributed by atoms with Crippen molar-refractivity contribution in [1.82, 2.24) is 5.43 Å². The van der Waals surface area contributed by atoms with Gasteiger partial charge in [-0.1, -0.05) is 11.6 Å². The topological polar surface area (TPSA) is 78.8 Å². The van der Waals surface area contributed by atoms with E-state index < -0.39 is 39.2 Å². The Balaban J connectivity index is 3.24. The molecule has 0 bridgehead atoms. The van der Waals surface area contributed by atoms with Crippen molar-refractivity contribution in [1.29, 1.82) is 0 Å². The number of nitrogens with zero attached hydrogens (tertiary/aromatic N) is 2. The van der Waals surface area contributed by atoms with Crippen molar-refractivity contribution >= 4 is 38.9 Å². The number of hydrogen-bond donors (Lipinski definition) is 1. The first-order valence-electron chi connectivity index (χ1n) is 6.46. The van der Waals surface area contributed by atoms with Crippen LogP contribution in [0.4, 0.5) is 18.9 Å². The van der Waals surface area contributed by atoms with Crippen LogP contribution >= 0.6 is 11.6 Å². The van der Waals surface area contributed by atoms with E-state index in [4.69, 9.17) is 11.6 Å². The van der Waals surface area contributed by atoms with Crippen LogP contribution in [-0.4, -0.2) is 32.8 Å². The number of rotatable bonds is 5. The lowest BCUT2D eigenvalue weighted by Crippen LogP contribution is -2.39. The second-order valence-corrected chi connectivity index (χ2v) is 7.34. The molecule has 0 unspecified atom stereocenters. The van der Waals surface area contributed by atoms with Gasteiger partial charge in [0, 0.05) is 5.71 Å². The molecule has 1 N–H and O–H groups in total. The fourth-order valence-electron chi connectivity index (χ4n) is 1.63. The average Bonchev–Trinajstić information content (AvgIpc) is 2.41. The minimum atomic E-state index is -4.76. The van der Waals surface area contributed by atoms with Crippen LogP contribution in [0.15, 0.2) is 23.3 Å². The Morgan fingerprint density at radius 2 is 1.92 bits per heavy atom. The quantitative estimate of drug-likeness (QED) is 0.625. The van der Waals surface area contributed by atoms with Crippen molar-refractivity contribution in [2.24, 2.45) is 5.10 Å². The summed E-state index contributed by atoms with van der Waals surface area (Å²) in [7, 11) is -4.01. The number of nitrogens with one attached hydrogen (secondary N) is 1. The molecule has 11 heteroatoms. The Morgan fingerprint density at radius 3 is 2.38 bits per heavy atom. The monoisotopic (exact) mass is 385 g/mol. The normalized spacial score (nSPS) is 11.8. The first kappa shape index (κ1) is 20.2. The molecular weight excluding hydrogens is 371 g/mol. The van der Waals surface area contributed by atoms with Crippen LogP contribution < -0.4 is 9.73 Å². The summed E-state index contributed by atoms with van der Waals surface area (Å²) in [5, 5.41) is 3.04. The standard InChI is InChI=1S/C13H15ClF3N3O3S/c1-8(2)18-19-12(21)7-20(24(3,22)23)9-4-5-11(14)10(6-9)13(15,16)17/h4-6H,7H2,1-3H3,(H,19,21). The summed E-state index contributed by atoms with van der Waals surface area (Å²) in [6.07, 6.45) is -3.99. The lowest BCUT2D eigenvalue weighted by atomic mass is 10.2. The van der Waals surface area contributed by atoms with Crippen LogP contribution in [0, 0.1) is 0 Å². The van der Waals surface area contributed by atoms with Gasteiger partial charge in [0.1, 0.15) is 6.54 Å². The third kappa shape index (κ3) is 5.68. The molecule has 0 radical (unpaired) electrons. The zero-order valence-corrected chi connectivity index (χ0v) is 14.6. The maximum atomic E-state index is 12.9. The molecule has 0 aliphatic rings. The van der Waals surface area contributed by atoms with Crippen molar-refractivity contribution in [3.8, 4) is 0 Å². The molecular formula is C13H15ClF3N3O3S. The summed E-state index contributed by atoms with van der Waals surface area (Å²) in [5.41, 5.74) is 1.09. The van der Waals surface area contributed by atoms with Gasteiger partial charge < -0.3 is 0 Å². The molecule has 1 aromatic carbocycles. The van der Waals surface area contributed by atoms with Crippen LogP contribution in [0.1, 0.15) is 19.4 Å². The lowest BCUT2D eigenvalue weighted by molar-refractivity contribution is -0.137. The molecule has 1 amide bonds. The molecule has 0 aliphatic carbocycles. The predicted octanol–water partition coefficient (Wildman–Crippen LogP) is 2.64. The molecule has 0 fully saturated rings. The van der Waals surface area contributed by atoms with Gasteiger partial charge in [0.05, 0.1) is 22.5 Å². The van der Waals surface area contributed by atoms with Gasteiger partial charge in [-0.2, -0.15) is 18.3 Å². The highest BCUT2D eigenvalue weighted by molar-refractivity contribution is 7.92. The number of halogens is 4. The number of anilines is 1. The summed E-state index contributed by atoms with van der Waals surface area (Å²) in [6.45, 7) is 2.47. The van der Waals surface area contributed by atoms with Gasteiger partial charge in [-0.25, -0.2) is 13.8 Å². The van der Waals surface area contributed by atoms with E-state index in [1.54, 1.807) is 13.8 Å². The molecule has 1 aromatic rings. The predicted molar refractivity (Wildman–Crippen MR) is 85.6 cm³/mol. The Bertz CT molecular complexity index is 759. The molecule has 0 saturated carbocycles. The first-order valence-corrected chi connectivity index (χ1v) is 8.69. The number of amides is 1. The van der Waals surface area contributed by atoms with E-state index >= 15 is 0 Å². The fraction of sp³-hybridized carbons (Fsp3) is 0.385. The van der Waals surface area contributed by atoms with E-state index in [2.05, 4.69) is 10.5 Å². The van der Waals surface area contributed by atoms with Gasteiger partial charge >= 0.3 is 6.18 Å². The number of alkyl halides is 3. The summed E-state index contributed by atoms with van der Waals surface area (Å²) in [5.74, 6) is -0.801. The summed E-state index contributed by atoms with van der Waals surface area (Å²) < 4.78 is 63.0. The Hall–Kier alpha value is -1.81. The van der Waals surface area contributed by atoms with Crippen LogP contribution in [0.2, 0.25) is 5.02 Å². The van der Waals surface area contributed by atoms with Crippen molar-refractivity contribution in [2.45, 2.75) is 20.0 Å². The Kier molecular flexibility index (Phi) is 6.23. The SMILES string of the molecule is CC(C)=NNC(=O)CN(c1ccc(Cl)c(C(F)(F)F)c1)S(C)(=O)=O. The van der Waals surface area contributed by atoms with Crippen molar-refractivity contribution in [3.63, 3.8) is 0 Å². The van der Waals surface area contributed by atoms with E-state index in [1.165, 1.54) is 0 Å². The summed E-state index contributed by atoms with van der Waals surface area (Å²) >= 11 is 5.51. The maximum absolute atomic E-state index is 12.9. The average molecular weight is 386 g/mol. The minimum Gasteiger partial charge on any atom is -0.271 e. The highest BCUT2D eigenvalue weighted by atomic mass is 35.5. The van der Waals surface area contributed by atoms with Crippen LogP contribution in [0.5, 0.6) is 0 Å². The number of hydrogen-bond acceptors (Lipinski definition) is 4. The van der Waals surface area contributed by atoms with Gasteiger partial charge in [0.15, 0.2) is 0 Å². The minimum absolute atomic E-state index is 0.332. The van der Waals surface area contributed by atoms with E-state index in [0.29, 0.717) is 16.1 Å². The molecule has 0 aromatic heterocycles. The molecule has 24 heavy (non-hydrogen) atoms. The van der Waals surface area contributed by atoms with Crippen LogP contribution in [-0.2, 0) is 21.0 Å². The Labute approximate surface area is 142 Å². The second-order valence-electron chi connectivity index (χ2n) is 5.03. The highest BCUT2D eigenvalue weighted by Gasteiger charge is 2.34. The van der Waals surface area contributed by atoms with E-state index in [9.17, 15) is 26.4 Å². The lowest BCUT2D eigenvalue weighted by Gasteiger charge is -2.22. The smallest absolute Gasteiger partial charge is 0.271 e. The van der Waals surface area contributed by atoms with Crippen molar-refractivity contribution in [2.75, 3.05) is 17.1 Å². The number of carbonyl (C=O) groups is 1. The fourth-order valence-corrected chi connectivity index (χ4v) is 2.70. The first-order chi connectivity index (χ1) is 10.8. The number of sulfonamides is 1. The maximum Gasteiger partial charge on any atom is 0.417 e. The summed E-state index contributed by atoms with van der Waals surface area (Å²) in [4.78, 5) is 11.8. The van der Waals surface area contributed by atoms with Gasteiger partial charge in [-0.3, -0.25) is 9.10 Å².